The first-order valence-corrected chi connectivity index (χ1v) is 10.9. The highest BCUT2D eigenvalue weighted by Crippen LogP contribution is 2.18. The molecular formula is C21H31N3O3S. The van der Waals surface area contributed by atoms with E-state index in [-0.39, 0.29) is 23.3 Å². The van der Waals surface area contributed by atoms with Crippen LogP contribution in [0.15, 0.2) is 34.2 Å². The van der Waals surface area contributed by atoms with Gasteiger partial charge in [0.1, 0.15) is 0 Å². The maximum atomic E-state index is 12.9. The van der Waals surface area contributed by atoms with Gasteiger partial charge in [0.05, 0.1) is 22.8 Å². The summed E-state index contributed by atoms with van der Waals surface area (Å²) in [6, 6.07) is 7.36. The largest absolute Gasteiger partial charge is 0.379 e. The van der Waals surface area contributed by atoms with E-state index in [9.17, 15) is 9.59 Å². The van der Waals surface area contributed by atoms with Gasteiger partial charge in [0, 0.05) is 19.7 Å². The number of amides is 1. The van der Waals surface area contributed by atoms with Crippen LogP contribution >= 0.6 is 11.8 Å². The van der Waals surface area contributed by atoms with Gasteiger partial charge >= 0.3 is 0 Å². The quantitative estimate of drug-likeness (QED) is 0.352. The summed E-state index contributed by atoms with van der Waals surface area (Å²) in [5.74, 6) is 0.650. The second-order valence-corrected chi connectivity index (χ2v) is 8.41. The molecule has 1 N–H and O–H groups in total. The number of carbonyl (C=O) groups is 1. The molecule has 0 bridgehead atoms. The van der Waals surface area contributed by atoms with Gasteiger partial charge in [-0.2, -0.15) is 0 Å². The first kappa shape index (κ1) is 22.4. The maximum absolute atomic E-state index is 12.9. The number of nitrogens with zero attached hydrogens (tertiary/aromatic N) is 2. The van der Waals surface area contributed by atoms with Gasteiger partial charge in [0.25, 0.3) is 5.56 Å². The lowest BCUT2D eigenvalue weighted by Gasteiger charge is -2.14. The number of para-hydroxylation sites is 1. The van der Waals surface area contributed by atoms with Crippen molar-refractivity contribution in [1.29, 1.82) is 0 Å². The van der Waals surface area contributed by atoms with Crippen LogP contribution in [0.3, 0.4) is 0 Å². The molecule has 6 nitrogen and oxygen atoms in total. The number of rotatable bonds is 11. The van der Waals surface area contributed by atoms with Crippen molar-refractivity contribution in [2.24, 2.45) is 5.92 Å². The Bertz CT molecular complexity index is 833. The number of fused-ring (bicyclic) bond motifs is 1. The van der Waals surface area contributed by atoms with Crippen molar-refractivity contribution in [3.8, 4) is 0 Å². The molecule has 0 aliphatic heterocycles. The molecule has 0 radical (unpaired) electrons. The highest BCUT2D eigenvalue weighted by molar-refractivity contribution is 7.99. The Morgan fingerprint density at radius 1 is 1.25 bits per heavy atom. The van der Waals surface area contributed by atoms with Gasteiger partial charge in [0.15, 0.2) is 5.16 Å². The predicted octanol–water partition coefficient (Wildman–Crippen LogP) is 3.47. The summed E-state index contributed by atoms with van der Waals surface area (Å²) < 4.78 is 7.17. The third-order valence-electron chi connectivity index (χ3n) is 4.18. The lowest BCUT2D eigenvalue weighted by molar-refractivity contribution is -0.118. The van der Waals surface area contributed by atoms with Crippen LogP contribution in [0.1, 0.15) is 40.5 Å². The summed E-state index contributed by atoms with van der Waals surface area (Å²) >= 11 is 1.31. The number of ether oxygens (including phenoxy) is 1. The molecular weight excluding hydrogens is 374 g/mol. The first-order valence-electron chi connectivity index (χ1n) is 9.89. The molecule has 2 aromatic rings. The van der Waals surface area contributed by atoms with Crippen LogP contribution in [0, 0.1) is 5.92 Å². The van der Waals surface area contributed by atoms with Crippen LogP contribution in [-0.4, -0.2) is 40.5 Å². The van der Waals surface area contributed by atoms with E-state index < -0.39 is 0 Å². The van der Waals surface area contributed by atoms with Crippen molar-refractivity contribution in [3.63, 3.8) is 0 Å². The molecule has 7 heteroatoms. The summed E-state index contributed by atoms with van der Waals surface area (Å²) in [6.45, 7) is 10.1. The number of carbonyl (C=O) groups excluding carboxylic acids is 1. The molecule has 0 fully saturated rings. The van der Waals surface area contributed by atoms with Gasteiger partial charge in [-0.05, 0) is 44.7 Å². The second-order valence-electron chi connectivity index (χ2n) is 7.46. The Morgan fingerprint density at radius 3 is 2.71 bits per heavy atom. The average Bonchev–Trinajstić information content (AvgIpc) is 2.65. The lowest BCUT2D eigenvalue weighted by atomic mass is 10.1. The monoisotopic (exact) mass is 405 g/mol. The van der Waals surface area contributed by atoms with E-state index in [0.29, 0.717) is 41.7 Å². The molecule has 0 atom stereocenters. The minimum atomic E-state index is -0.0626. The van der Waals surface area contributed by atoms with Gasteiger partial charge in [-0.25, -0.2) is 4.98 Å². The molecule has 1 aromatic heterocycles. The van der Waals surface area contributed by atoms with Crippen LogP contribution in [-0.2, 0) is 16.1 Å². The molecule has 1 aromatic carbocycles. The standard InChI is InChI=1S/C21H31N3O3S/c1-15(2)10-12-24-20(26)17-8-5-6-9-18(17)23-21(24)28-14-19(25)22-11-7-13-27-16(3)4/h5-6,8-9,15-16H,7,10-14H2,1-4H3,(H,22,25). The normalized spacial score (nSPS) is 11.5. The zero-order valence-corrected chi connectivity index (χ0v) is 18.1. The number of hydrogen-bond acceptors (Lipinski definition) is 5. The fourth-order valence-corrected chi connectivity index (χ4v) is 3.50. The Hall–Kier alpha value is -1.86. The summed E-state index contributed by atoms with van der Waals surface area (Å²) in [4.78, 5) is 29.7. The van der Waals surface area contributed by atoms with Crippen LogP contribution in [0.2, 0.25) is 0 Å². The highest BCUT2D eigenvalue weighted by atomic mass is 32.2. The molecule has 0 aliphatic carbocycles. The minimum Gasteiger partial charge on any atom is -0.379 e. The minimum absolute atomic E-state index is 0.0417. The molecule has 0 aliphatic rings. The van der Waals surface area contributed by atoms with Crippen LogP contribution in [0.5, 0.6) is 0 Å². The lowest BCUT2D eigenvalue weighted by Crippen LogP contribution is -2.28. The third-order valence-corrected chi connectivity index (χ3v) is 5.16. The zero-order valence-electron chi connectivity index (χ0n) is 17.2. The van der Waals surface area contributed by atoms with Crippen molar-refractivity contribution >= 4 is 28.6 Å². The molecule has 0 saturated heterocycles. The third kappa shape index (κ3) is 6.95. The Morgan fingerprint density at radius 2 is 2.00 bits per heavy atom. The van der Waals surface area contributed by atoms with E-state index in [0.717, 1.165) is 12.8 Å². The van der Waals surface area contributed by atoms with Crippen molar-refractivity contribution in [3.05, 3.63) is 34.6 Å². The topological polar surface area (TPSA) is 73.2 Å². The first-order chi connectivity index (χ1) is 13.4. The Kier molecular flexibility index (Phi) is 8.99. The van der Waals surface area contributed by atoms with Gasteiger partial charge < -0.3 is 10.1 Å². The van der Waals surface area contributed by atoms with E-state index in [1.165, 1.54) is 11.8 Å². The van der Waals surface area contributed by atoms with Gasteiger partial charge in [-0.15, -0.1) is 0 Å². The summed E-state index contributed by atoms with van der Waals surface area (Å²) in [5.41, 5.74) is 0.627. The maximum Gasteiger partial charge on any atom is 0.262 e. The Balaban J connectivity index is 2.02. The van der Waals surface area contributed by atoms with Crippen LogP contribution < -0.4 is 10.9 Å². The summed E-state index contributed by atoms with van der Waals surface area (Å²) in [7, 11) is 0. The van der Waals surface area contributed by atoms with E-state index in [1.807, 2.05) is 32.0 Å². The number of nitrogens with one attached hydrogen (secondary N) is 1. The molecule has 2 rings (SSSR count). The van der Waals surface area contributed by atoms with E-state index in [1.54, 1.807) is 10.6 Å². The fraction of sp³-hybridized carbons (Fsp3) is 0.571. The van der Waals surface area contributed by atoms with Crippen molar-refractivity contribution in [2.45, 2.75) is 58.3 Å². The summed E-state index contributed by atoms with van der Waals surface area (Å²) in [5, 5.41) is 4.11. The van der Waals surface area contributed by atoms with Gasteiger partial charge in [0.2, 0.25) is 5.91 Å². The van der Waals surface area contributed by atoms with Crippen molar-refractivity contribution in [2.75, 3.05) is 18.9 Å². The van der Waals surface area contributed by atoms with Crippen LogP contribution in [0.4, 0.5) is 0 Å². The van der Waals surface area contributed by atoms with Gasteiger partial charge in [-0.3, -0.25) is 14.2 Å². The van der Waals surface area contributed by atoms with E-state index in [4.69, 9.17) is 4.74 Å². The molecule has 154 valence electrons. The van der Waals surface area contributed by atoms with E-state index >= 15 is 0 Å². The second kappa shape index (κ2) is 11.2. The fourth-order valence-electron chi connectivity index (χ4n) is 2.64. The predicted molar refractivity (Wildman–Crippen MR) is 115 cm³/mol. The molecule has 0 spiro atoms. The van der Waals surface area contributed by atoms with E-state index in [2.05, 4.69) is 24.1 Å². The Labute approximate surface area is 171 Å². The highest BCUT2D eigenvalue weighted by Gasteiger charge is 2.13. The molecule has 1 heterocycles. The van der Waals surface area contributed by atoms with Crippen LogP contribution in [0.25, 0.3) is 10.9 Å². The zero-order chi connectivity index (χ0) is 20.5. The van der Waals surface area contributed by atoms with Crippen molar-refractivity contribution < 1.29 is 9.53 Å². The molecule has 0 saturated carbocycles. The SMILES string of the molecule is CC(C)CCn1c(SCC(=O)NCCCOC(C)C)nc2ccccc2c1=O. The number of benzene rings is 1. The molecule has 0 unspecified atom stereocenters. The molecule has 1 amide bonds. The average molecular weight is 406 g/mol. The number of thioether (sulfide) groups is 1. The number of aromatic nitrogens is 2. The summed E-state index contributed by atoms with van der Waals surface area (Å²) in [6.07, 6.45) is 1.87. The van der Waals surface area contributed by atoms with Gasteiger partial charge in [-0.1, -0.05) is 37.7 Å². The van der Waals surface area contributed by atoms with Crippen molar-refractivity contribution in [1.82, 2.24) is 14.9 Å². The number of hydrogen-bond donors (Lipinski definition) is 1. The molecule has 28 heavy (non-hydrogen) atoms. The smallest absolute Gasteiger partial charge is 0.262 e.